The number of hydrogen-bond acceptors (Lipinski definition) is 4. The van der Waals surface area contributed by atoms with Crippen molar-refractivity contribution in [2.75, 3.05) is 18.0 Å². The number of imidazole rings is 1. The lowest BCUT2D eigenvalue weighted by atomic mass is 9.90. The first kappa shape index (κ1) is 18.0. The van der Waals surface area contributed by atoms with Gasteiger partial charge in [0.15, 0.2) is 0 Å². The number of halogens is 4. The summed E-state index contributed by atoms with van der Waals surface area (Å²) >= 11 is 6.00. The Bertz CT molecular complexity index is 741. The first-order chi connectivity index (χ1) is 11.8. The lowest BCUT2D eigenvalue weighted by Crippen LogP contribution is -2.36. The summed E-state index contributed by atoms with van der Waals surface area (Å²) < 4.78 is 39.9. The van der Waals surface area contributed by atoms with E-state index >= 15 is 0 Å². The van der Waals surface area contributed by atoms with Crippen LogP contribution in [0.15, 0.2) is 24.7 Å². The molecule has 9 heteroatoms. The number of aliphatic hydroxyl groups is 1. The Morgan fingerprint density at radius 3 is 2.48 bits per heavy atom. The Morgan fingerprint density at radius 2 is 1.96 bits per heavy atom. The quantitative estimate of drug-likeness (QED) is 0.894. The molecule has 0 bridgehead atoms. The van der Waals surface area contributed by atoms with Crippen LogP contribution < -0.4 is 4.90 Å². The zero-order chi connectivity index (χ0) is 18.2. The minimum Gasteiger partial charge on any atom is -0.385 e. The van der Waals surface area contributed by atoms with E-state index in [0.717, 1.165) is 12.3 Å². The van der Waals surface area contributed by atoms with Gasteiger partial charge in [-0.3, -0.25) is 0 Å². The first-order valence-electron chi connectivity index (χ1n) is 7.90. The molecule has 1 saturated heterocycles. The number of aromatic nitrogens is 3. The van der Waals surface area contributed by atoms with Gasteiger partial charge in [-0.2, -0.15) is 13.2 Å². The molecule has 1 atom stereocenters. The highest BCUT2D eigenvalue weighted by Gasteiger charge is 2.33. The normalized spacial score (nSPS) is 17.8. The second kappa shape index (κ2) is 6.84. The van der Waals surface area contributed by atoms with E-state index in [1.54, 1.807) is 17.0 Å². The highest BCUT2D eigenvalue weighted by Crippen LogP contribution is 2.36. The summed E-state index contributed by atoms with van der Waals surface area (Å²) in [6.07, 6.45) is 0.433. The number of nitrogens with zero attached hydrogens (tertiary/aromatic N) is 4. The number of pyridine rings is 1. The molecule has 1 fully saturated rings. The molecule has 1 N–H and O–H groups in total. The summed E-state index contributed by atoms with van der Waals surface area (Å²) in [5.41, 5.74) is -0.860. The third kappa shape index (κ3) is 3.74. The summed E-state index contributed by atoms with van der Waals surface area (Å²) in [6.45, 7) is 1.12. The van der Waals surface area contributed by atoms with Gasteiger partial charge in [0.1, 0.15) is 17.7 Å². The summed E-state index contributed by atoms with van der Waals surface area (Å²) in [5.74, 6) is 0.995. The largest absolute Gasteiger partial charge is 0.417 e. The lowest BCUT2D eigenvalue weighted by Gasteiger charge is -2.35. The van der Waals surface area contributed by atoms with E-state index in [2.05, 4.69) is 9.97 Å². The maximum Gasteiger partial charge on any atom is 0.417 e. The predicted molar refractivity (Wildman–Crippen MR) is 87.4 cm³/mol. The van der Waals surface area contributed by atoms with Gasteiger partial charge in [-0.1, -0.05) is 11.6 Å². The van der Waals surface area contributed by atoms with Gasteiger partial charge in [-0.05, 0) is 24.8 Å². The van der Waals surface area contributed by atoms with Crippen LogP contribution >= 0.6 is 11.6 Å². The molecule has 0 saturated carbocycles. The average molecular weight is 375 g/mol. The van der Waals surface area contributed by atoms with Crippen molar-refractivity contribution in [3.8, 4) is 0 Å². The maximum atomic E-state index is 12.7. The standard InChI is InChI=1S/C16H18ClF3N4O/c1-23-7-4-21-15(23)13(25)10-2-5-24(6-3-10)14-12(17)8-11(9-22-14)16(18,19)20/h4,7-10,13,25H,2-3,5-6H2,1H3. The fraction of sp³-hybridized carbons (Fsp3) is 0.500. The fourth-order valence-corrected chi connectivity index (χ4v) is 3.40. The average Bonchev–Trinajstić information content (AvgIpc) is 2.99. The molecule has 3 heterocycles. The predicted octanol–water partition coefficient (Wildman–Crippen LogP) is 3.44. The maximum absolute atomic E-state index is 12.7. The number of piperidine rings is 1. The van der Waals surface area contributed by atoms with Crippen LogP contribution in [0.25, 0.3) is 0 Å². The fourth-order valence-electron chi connectivity index (χ4n) is 3.12. The Hall–Kier alpha value is -1.80. The SMILES string of the molecule is Cn1ccnc1C(O)C1CCN(c2ncc(C(F)(F)F)cc2Cl)CC1. The molecule has 0 amide bonds. The Kier molecular flexibility index (Phi) is 4.92. The zero-order valence-electron chi connectivity index (χ0n) is 13.5. The van der Waals surface area contributed by atoms with Crippen molar-refractivity contribution < 1.29 is 18.3 Å². The first-order valence-corrected chi connectivity index (χ1v) is 8.28. The van der Waals surface area contributed by atoms with Crippen molar-refractivity contribution in [1.29, 1.82) is 0 Å². The van der Waals surface area contributed by atoms with E-state index in [0.29, 0.717) is 37.6 Å². The Balaban J connectivity index is 1.67. The van der Waals surface area contributed by atoms with E-state index in [9.17, 15) is 18.3 Å². The van der Waals surface area contributed by atoms with Crippen LogP contribution in [0.2, 0.25) is 5.02 Å². The smallest absolute Gasteiger partial charge is 0.385 e. The van der Waals surface area contributed by atoms with Crippen molar-refractivity contribution in [3.63, 3.8) is 0 Å². The topological polar surface area (TPSA) is 54.2 Å². The molecule has 1 aliphatic heterocycles. The minimum absolute atomic E-state index is 0.0158. The van der Waals surface area contributed by atoms with Crippen molar-refractivity contribution >= 4 is 17.4 Å². The number of rotatable bonds is 3. The van der Waals surface area contributed by atoms with Crippen LogP contribution in [0.1, 0.15) is 30.3 Å². The molecule has 1 unspecified atom stereocenters. The number of hydrogen-bond donors (Lipinski definition) is 1. The van der Waals surface area contributed by atoms with Crippen molar-refractivity contribution in [2.24, 2.45) is 13.0 Å². The number of aryl methyl sites for hydroxylation is 1. The number of anilines is 1. The van der Waals surface area contributed by atoms with Crippen molar-refractivity contribution in [1.82, 2.24) is 14.5 Å². The molecule has 25 heavy (non-hydrogen) atoms. The number of aliphatic hydroxyl groups excluding tert-OH is 1. The highest BCUT2D eigenvalue weighted by atomic mass is 35.5. The monoisotopic (exact) mass is 374 g/mol. The molecule has 0 spiro atoms. The summed E-state index contributed by atoms with van der Waals surface area (Å²) in [7, 11) is 1.83. The molecule has 5 nitrogen and oxygen atoms in total. The molecule has 0 aliphatic carbocycles. The van der Waals surface area contributed by atoms with E-state index in [-0.39, 0.29) is 10.9 Å². The number of alkyl halides is 3. The second-order valence-corrected chi connectivity index (χ2v) is 6.60. The van der Waals surface area contributed by atoms with E-state index in [1.807, 2.05) is 11.9 Å². The van der Waals surface area contributed by atoms with E-state index in [4.69, 9.17) is 11.6 Å². The van der Waals surface area contributed by atoms with Gasteiger partial charge in [0.05, 0.1) is 10.6 Å². The zero-order valence-corrected chi connectivity index (χ0v) is 14.3. The Morgan fingerprint density at radius 1 is 1.28 bits per heavy atom. The van der Waals surface area contributed by atoms with Crippen LogP contribution in [0, 0.1) is 5.92 Å². The van der Waals surface area contributed by atoms with Crippen molar-refractivity contribution in [3.05, 3.63) is 41.1 Å². The van der Waals surface area contributed by atoms with E-state index < -0.39 is 17.8 Å². The molecule has 0 aromatic carbocycles. The van der Waals surface area contributed by atoms with Gasteiger partial charge in [0.2, 0.25) is 0 Å². The lowest BCUT2D eigenvalue weighted by molar-refractivity contribution is -0.137. The molecule has 3 rings (SSSR count). The third-order valence-corrected chi connectivity index (χ3v) is 4.84. The highest BCUT2D eigenvalue weighted by molar-refractivity contribution is 6.33. The summed E-state index contributed by atoms with van der Waals surface area (Å²) in [5, 5.41) is 10.5. The summed E-state index contributed by atoms with van der Waals surface area (Å²) in [4.78, 5) is 9.92. The van der Waals surface area contributed by atoms with Crippen LogP contribution in [-0.4, -0.2) is 32.7 Å². The molecule has 136 valence electrons. The molecule has 1 aliphatic rings. The molecule has 2 aromatic rings. The van der Waals surface area contributed by atoms with Crippen LogP contribution in [-0.2, 0) is 13.2 Å². The Labute approximate surface area is 148 Å². The third-order valence-electron chi connectivity index (χ3n) is 4.56. The van der Waals surface area contributed by atoms with Gasteiger partial charge in [-0.15, -0.1) is 0 Å². The minimum atomic E-state index is -4.46. The van der Waals surface area contributed by atoms with Gasteiger partial charge >= 0.3 is 6.18 Å². The molecular weight excluding hydrogens is 357 g/mol. The van der Waals surface area contributed by atoms with E-state index in [1.165, 1.54) is 0 Å². The molecule has 2 aromatic heterocycles. The van der Waals surface area contributed by atoms with Gasteiger partial charge in [-0.25, -0.2) is 9.97 Å². The van der Waals surface area contributed by atoms with Crippen LogP contribution in [0.5, 0.6) is 0 Å². The second-order valence-electron chi connectivity index (χ2n) is 6.19. The van der Waals surface area contributed by atoms with Gasteiger partial charge in [0, 0.05) is 38.7 Å². The van der Waals surface area contributed by atoms with Crippen LogP contribution in [0.3, 0.4) is 0 Å². The van der Waals surface area contributed by atoms with Gasteiger partial charge < -0.3 is 14.6 Å². The van der Waals surface area contributed by atoms with Crippen molar-refractivity contribution in [2.45, 2.75) is 25.1 Å². The van der Waals surface area contributed by atoms with Gasteiger partial charge in [0.25, 0.3) is 0 Å². The molecular formula is C16H18ClF3N4O. The van der Waals surface area contributed by atoms with Crippen LogP contribution in [0.4, 0.5) is 19.0 Å². The summed E-state index contributed by atoms with van der Waals surface area (Å²) in [6, 6.07) is 0.902. The molecule has 0 radical (unpaired) electrons.